The van der Waals surface area contributed by atoms with Crippen LogP contribution in [0.2, 0.25) is 0 Å². The van der Waals surface area contributed by atoms with Gasteiger partial charge in [0.05, 0.1) is 0 Å². The summed E-state index contributed by atoms with van der Waals surface area (Å²) in [5.74, 6) is -0.103. The highest BCUT2D eigenvalue weighted by atomic mass is 79.9. The fourth-order valence-electron chi connectivity index (χ4n) is 0.746. The first kappa shape index (κ1) is 9.25. The van der Waals surface area contributed by atoms with Crippen LogP contribution < -0.4 is 5.32 Å². The van der Waals surface area contributed by atoms with E-state index < -0.39 is 0 Å². The van der Waals surface area contributed by atoms with Crippen molar-refractivity contribution >= 4 is 21.8 Å². The van der Waals surface area contributed by atoms with Gasteiger partial charge in [0.2, 0.25) is 0 Å². The van der Waals surface area contributed by atoms with Gasteiger partial charge in [-0.1, -0.05) is 15.9 Å². The molecule has 0 aliphatic carbocycles. The Morgan fingerprint density at radius 3 is 3.17 bits per heavy atom. The first-order valence-electron chi connectivity index (χ1n) is 3.68. The van der Waals surface area contributed by atoms with E-state index in [9.17, 15) is 4.79 Å². The Morgan fingerprint density at radius 2 is 2.58 bits per heavy atom. The molecule has 0 atom stereocenters. The van der Waals surface area contributed by atoms with E-state index in [-0.39, 0.29) is 5.91 Å². The van der Waals surface area contributed by atoms with Crippen molar-refractivity contribution in [2.45, 2.75) is 6.42 Å². The van der Waals surface area contributed by atoms with E-state index in [1.54, 1.807) is 12.3 Å². The molecule has 0 bridgehead atoms. The Balaban J connectivity index is 2.30. The highest BCUT2D eigenvalue weighted by Gasteiger charge is 2.03. The number of carbonyl (C=O) groups excluding carboxylic acids is 1. The number of hydrogen-bond acceptors (Lipinski definition) is 2. The number of aromatic nitrogens is 2. The van der Waals surface area contributed by atoms with E-state index in [1.165, 1.54) is 0 Å². The summed E-state index contributed by atoms with van der Waals surface area (Å²) in [5.41, 5.74) is 0.504. The molecule has 1 heterocycles. The van der Waals surface area contributed by atoms with Crippen molar-refractivity contribution in [2.75, 3.05) is 11.9 Å². The number of H-pyrrole nitrogens is 1. The molecule has 0 fully saturated rings. The van der Waals surface area contributed by atoms with Crippen LogP contribution in [0.4, 0.5) is 0 Å². The predicted molar refractivity (Wildman–Crippen MR) is 49.3 cm³/mol. The Hall–Kier alpha value is -0.840. The molecule has 5 heteroatoms. The maximum Gasteiger partial charge on any atom is 0.269 e. The van der Waals surface area contributed by atoms with Gasteiger partial charge in [-0.15, -0.1) is 0 Å². The van der Waals surface area contributed by atoms with Gasteiger partial charge in [0, 0.05) is 18.1 Å². The molecular formula is C7H10BrN3O. The van der Waals surface area contributed by atoms with Crippen LogP contribution in [0.15, 0.2) is 12.3 Å². The Bertz CT molecular complexity index is 235. The average molecular weight is 232 g/mol. The second-order valence-corrected chi connectivity index (χ2v) is 3.06. The van der Waals surface area contributed by atoms with E-state index in [1.807, 2.05) is 0 Å². The van der Waals surface area contributed by atoms with E-state index in [2.05, 4.69) is 31.4 Å². The fraction of sp³-hybridized carbons (Fsp3) is 0.429. The van der Waals surface area contributed by atoms with Gasteiger partial charge in [0.15, 0.2) is 0 Å². The molecule has 0 aliphatic heterocycles. The summed E-state index contributed by atoms with van der Waals surface area (Å²) in [6, 6.07) is 1.64. The van der Waals surface area contributed by atoms with Gasteiger partial charge in [-0.25, -0.2) is 0 Å². The zero-order valence-corrected chi connectivity index (χ0v) is 8.10. The smallest absolute Gasteiger partial charge is 0.269 e. The number of halogens is 1. The molecule has 2 N–H and O–H groups in total. The lowest BCUT2D eigenvalue weighted by Gasteiger charge is -1.99. The van der Waals surface area contributed by atoms with Gasteiger partial charge in [-0.05, 0) is 12.5 Å². The van der Waals surface area contributed by atoms with Crippen molar-refractivity contribution < 1.29 is 4.79 Å². The maximum absolute atomic E-state index is 11.2. The summed E-state index contributed by atoms with van der Waals surface area (Å²) in [4.78, 5) is 11.2. The van der Waals surface area contributed by atoms with Gasteiger partial charge in [-0.3, -0.25) is 9.89 Å². The van der Waals surface area contributed by atoms with Gasteiger partial charge in [0.1, 0.15) is 5.69 Å². The minimum atomic E-state index is -0.103. The third-order valence-electron chi connectivity index (χ3n) is 1.34. The summed E-state index contributed by atoms with van der Waals surface area (Å²) in [7, 11) is 0. The van der Waals surface area contributed by atoms with E-state index in [0.717, 1.165) is 11.8 Å². The first-order valence-corrected chi connectivity index (χ1v) is 4.80. The van der Waals surface area contributed by atoms with Crippen molar-refractivity contribution in [3.63, 3.8) is 0 Å². The zero-order chi connectivity index (χ0) is 8.81. The molecule has 1 amide bonds. The molecule has 12 heavy (non-hydrogen) atoms. The molecule has 0 spiro atoms. The monoisotopic (exact) mass is 231 g/mol. The highest BCUT2D eigenvalue weighted by Crippen LogP contribution is 1.91. The molecule has 1 aromatic rings. The van der Waals surface area contributed by atoms with Crippen molar-refractivity contribution in [2.24, 2.45) is 0 Å². The summed E-state index contributed by atoms with van der Waals surface area (Å²) < 4.78 is 0. The number of nitrogens with one attached hydrogen (secondary N) is 2. The number of rotatable bonds is 4. The molecule has 0 aromatic carbocycles. The quantitative estimate of drug-likeness (QED) is 0.599. The van der Waals surface area contributed by atoms with Crippen LogP contribution in [-0.4, -0.2) is 28.0 Å². The summed E-state index contributed by atoms with van der Waals surface area (Å²) in [6.45, 7) is 0.684. The first-order chi connectivity index (χ1) is 5.84. The van der Waals surface area contributed by atoms with Gasteiger partial charge >= 0.3 is 0 Å². The van der Waals surface area contributed by atoms with Gasteiger partial charge in [-0.2, -0.15) is 5.10 Å². The van der Waals surface area contributed by atoms with Crippen molar-refractivity contribution in [3.8, 4) is 0 Å². The van der Waals surface area contributed by atoms with Crippen LogP contribution in [0.1, 0.15) is 16.9 Å². The highest BCUT2D eigenvalue weighted by molar-refractivity contribution is 9.09. The normalized spacial score (nSPS) is 9.75. The molecule has 0 saturated carbocycles. The fourth-order valence-corrected chi connectivity index (χ4v) is 1.03. The third-order valence-corrected chi connectivity index (χ3v) is 1.90. The Morgan fingerprint density at radius 1 is 1.75 bits per heavy atom. The van der Waals surface area contributed by atoms with Crippen molar-refractivity contribution in [1.29, 1.82) is 0 Å². The predicted octanol–water partition coefficient (Wildman–Crippen LogP) is 0.925. The molecule has 66 valence electrons. The second-order valence-electron chi connectivity index (χ2n) is 2.27. The minimum absolute atomic E-state index is 0.103. The van der Waals surface area contributed by atoms with Crippen molar-refractivity contribution in [1.82, 2.24) is 15.5 Å². The number of carbonyl (C=O) groups is 1. The zero-order valence-electron chi connectivity index (χ0n) is 6.51. The van der Waals surface area contributed by atoms with Crippen LogP contribution in [0, 0.1) is 0 Å². The number of nitrogens with zero attached hydrogens (tertiary/aromatic N) is 1. The van der Waals surface area contributed by atoms with Gasteiger partial charge in [0.25, 0.3) is 5.91 Å². The Kier molecular flexibility index (Phi) is 3.79. The number of amides is 1. The van der Waals surface area contributed by atoms with Crippen LogP contribution in [0.25, 0.3) is 0 Å². The molecule has 1 rings (SSSR count). The summed E-state index contributed by atoms with van der Waals surface area (Å²) >= 11 is 3.28. The van der Waals surface area contributed by atoms with Crippen LogP contribution in [0.5, 0.6) is 0 Å². The molecule has 0 radical (unpaired) electrons. The van der Waals surface area contributed by atoms with Crippen LogP contribution in [-0.2, 0) is 0 Å². The molecular weight excluding hydrogens is 222 g/mol. The molecule has 0 aliphatic rings. The minimum Gasteiger partial charge on any atom is -0.351 e. The lowest BCUT2D eigenvalue weighted by Crippen LogP contribution is -2.24. The topological polar surface area (TPSA) is 57.8 Å². The Labute approximate surface area is 78.9 Å². The van der Waals surface area contributed by atoms with Crippen LogP contribution >= 0.6 is 15.9 Å². The number of hydrogen-bond donors (Lipinski definition) is 2. The standard InChI is InChI=1S/C7H10BrN3O/c8-3-1-4-9-7(12)6-2-5-10-11-6/h2,5H,1,3-4H2,(H,9,12)(H,10,11). The molecule has 0 unspecified atom stereocenters. The second kappa shape index (κ2) is 4.92. The summed E-state index contributed by atoms with van der Waals surface area (Å²) in [5, 5.41) is 9.91. The summed E-state index contributed by atoms with van der Waals surface area (Å²) in [6.07, 6.45) is 2.49. The number of aromatic amines is 1. The van der Waals surface area contributed by atoms with E-state index in [4.69, 9.17) is 0 Å². The van der Waals surface area contributed by atoms with Crippen molar-refractivity contribution in [3.05, 3.63) is 18.0 Å². The third kappa shape index (κ3) is 2.65. The largest absolute Gasteiger partial charge is 0.351 e. The van der Waals surface area contributed by atoms with Gasteiger partial charge < -0.3 is 5.32 Å². The lowest BCUT2D eigenvalue weighted by molar-refractivity contribution is 0.0949. The average Bonchev–Trinajstić information content (AvgIpc) is 2.56. The molecule has 4 nitrogen and oxygen atoms in total. The molecule has 1 aromatic heterocycles. The van der Waals surface area contributed by atoms with E-state index in [0.29, 0.717) is 12.2 Å². The maximum atomic E-state index is 11.2. The van der Waals surface area contributed by atoms with E-state index >= 15 is 0 Å². The SMILES string of the molecule is O=C(NCCCBr)c1ccn[nH]1. The number of alkyl halides is 1. The van der Waals surface area contributed by atoms with Crippen LogP contribution in [0.3, 0.4) is 0 Å². The lowest BCUT2D eigenvalue weighted by atomic mass is 10.4. The molecule has 0 saturated heterocycles.